The summed E-state index contributed by atoms with van der Waals surface area (Å²) in [7, 11) is 0. The van der Waals surface area contributed by atoms with E-state index in [1.165, 1.54) is 0 Å². The van der Waals surface area contributed by atoms with Crippen LogP contribution in [-0.4, -0.2) is 24.2 Å². The molecule has 1 aromatic heterocycles. The van der Waals surface area contributed by atoms with Gasteiger partial charge in [-0.05, 0) is 50.2 Å². The molecular formula is C20H20N2O3. The topological polar surface area (TPSA) is 55.6 Å². The van der Waals surface area contributed by atoms with Gasteiger partial charge >= 0.3 is 0 Å². The summed E-state index contributed by atoms with van der Waals surface area (Å²) in [5.41, 5.74) is 1.97. The molecule has 0 fully saturated rings. The van der Waals surface area contributed by atoms with Crippen LogP contribution in [0.25, 0.3) is 11.3 Å². The Morgan fingerprint density at radius 3 is 2.44 bits per heavy atom. The van der Waals surface area contributed by atoms with E-state index in [2.05, 4.69) is 5.16 Å². The van der Waals surface area contributed by atoms with Gasteiger partial charge < -0.3 is 14.2 Å². The van der Waals surface area contributed by atoms with Crippen molar-refractivity contribution in [2.45, 2.75) is 13.8 Å². The minimum absolute atomic E-state index is 0.186. The number of ether oxygens (including phenoxy) is 1. The number of amides is 1. The first-order valence-electron chi connectivity index (χ1n) is 8.29. The molecule has 3 rings (SSSR count). The molecule has 2 aromatic carbocycles. The van der Waals surface area contributed by atoms with Crippen molar-refractivity contribution < 1.29 is 14.1 Å². The maximum Gasteiger partial charge on any atom is 0.280 e. The van der Waals surface area contributed by atoms with Crippen LogP contribution < -0.4 is 9.64 Å². The van der Waals surface area contributed by atoms with Crippen molar-refractivity contribution in [1.29, 1.82) is 0 Å². The van der Waals surface area contributed by atoms with E-state index >= 15 is 0 Å². The summed E-state index contributed by atoms with van der Waals surface area (Å²) in [5.74, 6) is 1.16. The van der Waals surface area contributed by atoms with E-state index in [0.717, 1.165) is 17.0 Å². The molecule has 0 atom stereocenters. The maximum atomic E-state index is 12.7. The van der Waals surface area contributed by atoms with Gasteiger partial charge in [0.15, 0.2) is 11.5 Å². The molecule has 0 unspecified atom stereocenters. The van der Waals surface area contributed by atoms with Crippen LogP contribution in [0, 0.1) is 0 Å². The number of anilines is 1. The van der Waals surface area contributed by atoms with Gasteiger partial charge in [0.25, 0.3) is 5.91 Å². The zero-order valence-electron chi connectivity index (χ0n) is 14.3. The molecule has 0 saturated carbocycles. The summed E-state index contributed by atoms with van der Waals surface area (Å²) in [5, 5.41) is 3.95. The van der Waals surface area contributed by atoms with Crippen LogP contribution in [0.2, 0.25) is 0 Å². The van der Waals surface area contributed by atoms with Crippen LogP contribution in [0.15, 0.2) is 65.2 Å². The Kier molecular flexibility index (Phi) is 5.14. The number of aromatic nitrogens is 1. The maximum absolute atomic E-state index is 12.7. The Bertz CT molecular complexity index is 826. The van der Waals surface area contributed by atoms with Crippen molar-refractivity contribution in [3.63, 3.8) is 0 Å². The number of carbonyl (C=O) groups excluding carboxylic acids is 1. The Morgan fingerprint density at radius 2 is 1.80 bits per heavy atom. The molecule has 3 aromatic rings. The van der Waals surface area contributed by atoms with Crippen molar-refractivity contribution >= 4 is 11.6 Å². The van der Waals surface area contributed by atoms with E-state index in [9.17, 15) is 4.79 Å². The minimum Gasteiger partial charge on any atom is -0.494 e. The zero-order chi connectivity index (χ0) is 17.6. The molecule has 128 valence electrons. The molecule has 0 radical (unpaired) electrons. The van der Waals surface area contributed by atoms with Crippen LogP contribution >= 0.6 is 0 Å². The van der Waals surface area contributed by atoms with Crippen LogP contribution in [0.4, 0.5) is 5.69 Å². The van der Waals surface area contributed by atoms with Crippen LogP contribution in [0.3, 0.4) is 0 Å². The van der Waals surface area contributed by atoms with Gasteiger partial charge in [0, 0.05) is 23.9 Å². The summed E-state index contributed by atoms with van der Waals surface area (Å²) in [6, 6.07) is 18.7. The van der Waals surface area contributed by atoms with Crippen molar-refractivity contribution in [2.24, 2.45) is 0 Å². The summed E-state index contributed by atoms with van der Waals surface area (Å²) < 4.78 is 10.8. The fourth-order valence-electron chi connectivity index (χ4n) is 2.58. The van der Waals surface area contributed by atoms with E-state index < -0.39 is 0 Å². The molecule has 0 aliphatic heterocycles. The summed E-state index contributed by atoms with van der Waals surface area (Å²) in [6.07, 6.45) is 0. The lowest BCUT2D eigenvalue weighted by Crippen LogP contribution is -2.30. The number of hydrogen-bond acceptors (Lipinski definition) is 4. The molecule has 0 N–H and O–H groups in total. The van der Waals surface area contributed by atoms with Gasteiger partial charge in [-0.2, -0.15) is 0 Å². The van der Waals surface area contributed by atoms with Crippen molar-refractivity contribution in [3.8, 4) is 17.1 Å². The lowest BCUT2D eigenvalue weighted by Gasteiger charge is -2.19. The number of rotatable bonds is 6. The Balaban J connectivity index is 1.81. The first kappa shape index (κ1) is 16.8. The molecule has 1 amide bonds. The van der Waals surface area contributed by atoms with Crippen LogP contribution in [0.1, 0.15) is 24.3 Å². The highest BCUT2D eigenvalue weighted by Gasteiger charge is 2.20. The average Bonchev–Trinajstić information content (AvgIpc) is 3.14. The van der Waals surface area contributed by atoms with Crippen molar-refractivity contribution in [2.75, 3.05) is 18.1 Å². The van der Waals surface area contributed by atoms with Crippen LogP contribution in [-0.2, 0) is 0 Å². The first-order chi connectivity index (χ1) is 12.2. The molecular weight excluding hydrogens is 316 g/mol. The highest BCUT2D eigenvalue weighted by atomic mass is 16.5. The highest BCUT2D eigenvalue weighted by Crippen LogP contribution is 2.24. The highest BCUT2D eigenvalue weighted by molar-refractivity contribution is 6.05. The Hall–Kier alpha value is -3.08. The molecule has 0 spiro atoms. The standard InChI is InChI=1S/C20H20N2O3/c1-3-22(16-8-6-5-7-9-16)20(23)18-14-19(25-21-18)15-10-12-17(13-11-15)24-4-2/h5-14H,3-4H2,1-2H3. The fourth-order valence-corrected chi connectivity index (χ4v) is 2.58. The van der Waals surface area contributed by atoms with Gasteiger partial charge in [0.1, 0.15) is 5.75 Å². The average molecular weight is 336 g/mol. The quantitative estimate of drug-likeness (QED) is 0.669. The van der Waals surface area contributed by atoms with Gasteiger partial charge in [-0.25, -0.2) is 0 Å². The van der Waals surface area contributed by atoms with E-state index in [1.807, 2.05) is 68.4 Å². The third-order valence-electron chi connectivity index (χ3n) is 3.81. The van der Waals surface area contributed by atoms with Gasteiger partial charge in [0.2, 0.25) is 0 Å². The molecule has 0 aliphatic rings. The molecule has 0 bridgehead atoms. The van der Waals surface area contributed by atoms with Crippen molar-refractivity contribution in [1.82, 2.24) is 5.16 Å². The van der Waals surface area contributed by atoms with Crippen molar-refractivity contribution in [3.05, 3.63) is 66.4 Å². The third-order valence-corrected chi connectivity index (χ3v) is 3.81. The minimum atomic E-state index is -0.186. The van der Waals surface area contributed by atoms with E-state index in [1.54, 1.807) is 11.0 Å². The van der Waals surface area contributed by atoms with E-state index in [4.69, 9.17) is 9.26 Å². The second-order valence-corrected chi connectivity index (χ2v) is 5.42. The second kappa shape index (κ2) is 7.66. The third kappa shape index (κ3) is 3.71. The lowest BCUT2D eigenvalue weighted by atomic mass is 10.1. The van der Waals surface area contributed by atoms with Crippen LogP contribution in [0.5, 0.6) is 5.75 Å². The monoisotopic (exact) mass is 336 g/mol. The number of carbonyl (C=O) groups is 1. The normalized spacial score (nSPS) is 10.5. The lowest BCUT2D eigenvalue weighted by molar-refractivity contribution is 0.0979. The Labute approximate surface area is 146 Å². The predicted molar refractivity (Wildman–Crippen MR) is 96.9 cm³/mol. The van der Waals surface area contributed by atoms with E-state index in [0.29, 0.717) is 18.9 Å². The van der Waals surface area contributed by atoms with E-state index in [-0.39, 0.29) is 11.6 Å². The second-order valence-electron chi connectivity index (χ2n) is 5.42. The number of hydrogen-bond donors (Lipinski definition) is 0. The van der Waals surface area contributed by atoms with Gasteiger partial charge in [0.05, 0.1) is 6.61 Å². The molecule has 25 heavy (non-hydrogen) atoms. The summed E-state index contributed by atoms with van der Waals surface area (Å²) in [4.78, 5) is 14.4. The van der Waals surface area contributed by atoms with Gasteiger partial charge in [-0.1, -0.05) is 23.4 Å². The summed E-state index contributed by atoms with van der Waals surface area (Å²) >= 11 is 0. The fraction of sp³-hybridized carbons (Fsp3) is 0.200. The molecule has 5 heteroatoms. The predicted octanol–water partition coefficient (Wildman–Crippen LogP) is 4.41. The SMILES string of the molecule is CCOc1ccc(-c2cc(C(=O)N(CC)c3ccccc3)no2)cc1. The van der Waals surface area contributed by atoms with Gasteiger partial charge in [-0.3, -0.25) is 4.79 Å². The van der Waals surface area contributed by atoms with Gasteiger partial charge in [-0.15, -0.1) is 0 Å². The smallest absolute Gasteiger partial charge is 0.280 e. The molecule has 0 aliphatic carbocycles. The zero-order valence-corrected chi connectivity index (χ0v) is 14.3. The summed E-state index contributed by atoms with van der Waals surface area (Å²) in [6.45, 7) is 5.04. The molecule has 5 nitrogen and oxygen atoms in total. The molecule has 1 heterocycles. The largest absolute Gasteiger partial charge is 0.494 e. The Morgan fingerprint density at radius 1 is 1.08 bits per heavy atom. The number of benzene rings is 2. The number of para-hydroxylation sites is 1. The number of nitrogens with zero attached hydrogens (tertiary/aromatic N) is 2. The first-order valence-corrected chi connectivity index (χ1v) is 8.29. The molecule has 0 saturated heterocycles.